The summed E-state index contributed by atoms with van der Waals surface area (Å²) in [6.45, 7) is 5.22. The van der Waals surface area contributed by atoms with Crippen LogP contribution in [-0.2, 0) is 30.6 Å². The minimum absolute atomic E-state index is 0.340. The highest BCUT2D eigenvalue weighted by Crippen LogP contribution is 2.13. The number of hydrogen-bond acceptors (Lipinski definition) is 6. The average molecular weight is 325 g/mol. The lowest BCUT2D eigenvalue weighted by molar-refractivity contribution is -0.126. The van der Waals surface area contributed by atoms with E-state index in [1.54, 1.807) is 18.7 Å². The summed E-state index contributed by atoms with van der Waals surface area (Å²) >= 11 is 0. The number of nitrogens with zero attached hydrogens (tertiary/aromatic N) is 4. The van der Waals surface area contributed by atoms with Gasteiger partial charge in [-0.05, 0) is 13.8 Å². The topological polar surface area (TPSA) is 92.3 Å². The molecule has 9 nitrogen and oxygen atoms in total. The Morgan fingerprint density at radius 1 is 1.04 bits per heavy atom. The van der Waals surface area contributed by atoms with Crippen molar-refractivity contribution in [3.05, 3.63) is 20.8 Å². The van der Waals surface area contributed by atoms with Crippen LogP contribution in [-0.4, -0.2) is 44.7 Å². The van der Waals surface area contributed by atoms with E-state index >= 15 is 0 Å². The minimum Gasteiger partial charge on any atom is -0.351 e. The van der Waals surface area contributed by atoms with E-state index in [9.17, 15) is 9.59 Å². The molecule has 2 heterocycles. The molecule has 23 heavy (non-hydrogen) atoms. The van der Waals surface area contributed by atoms with E-state index in [-0.39, 0.29) is 5.56 Å². The second-order valence-electron chi connectivity index (χ2n) is 5.09. The molecule has 128 valence electrons. The highest BCUT2D eigenvalue weighted by Gasteiger charge is 2.17. The van der Waals surface area contributed by atoms with Crippen LogP contribution in [0.15, 0.2) is 9.59 Å². The van der Waals surface area contributed by atoms with Crippen LogP contribution >= 0.6 is 0 Å². The highest BCUT2D eigenvalue weighted by atomic mass is 16.7. The molecule has 0 unspecified atom stereocenters. The molecular formula is C14H23N5O4. The third-order valence-corrected chi connectivity index (χ3v) is 3.61. The Balaban J connectivity index is 2.38. The summed E-state index contributed by atoms with van der Waals surface area (Å²) in [6, 6.07) is 0. The number of fused-ring (bicyclic) bond motifs is 1. The fourth-order valence-electron chi connectivity index (χ4n) is 2.39. The molecule has 2 rings (SSSR count). The monoisotopic (exact) mass is 325 g/mol. The highest BCUT2D eigenvalue weighted by molar-refractivity contribution is 5.74. The fourth-order valence-corrected chi connectivity index (χ4v) is 2.39. The molecule has 0 aromatic carbocycles. The lowest BCUT2D eigenvalue weighted by Crippen LogP contribution is -2.37. The summed E-state index contributed by atoms with van der Waals surface area (Å²) < 4.78 is 15.0. The summed E-state index contributed by atoms with van der Waals surface area (Å²) in [5.74, 6) is 0.475. The number of aryl methyl sites for hydroxylation is 2. The Morgan fingerprint density at radius 2 is 1.65 bits per heavy atom. The average Bonchev–Trinajstić information content (AvgIpc) is 2.86. The smallest absolute Gasteiger partial charge is 0.332 e. The zero-order valence-corrected chi connectivity index (χ0v) is 14.1. The molecule has 0 amide bonds. The predicted octanol–water partition coefficient (Wildman–Crippen LogP) is -0.218. The molecule has 1 N–H and O–H groups in total. The van der Waals surface area contributed by atoms with Crippen LogP contribution in [0.4, 0.5) is 5.95 Å². The van der Waals surface area contributed by atoms with Crippen molar-refractivity contribution in [2.24, 2.45) is 21.1 Å². The Labute approximate surface area is 133 Å². The summed E-state index contributed by atoms with van der Waals surface area (Å²) in [5, 5.41) is 3.10. The fraction of sp³-hybridized carbons (Fsp3) is 0.643. The molecule has 0 saturated heterocycles. The summed E-state index contributed by atoms with van der Waals surface area (Å²) in [5.41, 5.74) is -0.0834. The van der Waals surface area contributed by atoms with Gasteiger partial charge in [-0.1, -0.05) is 0 Å². The van der Waals surface area contributed by atoms with E-state index in [4.69, 9.17) is 9.47 Å². The summed E-state index contributed by atoms with van der Waals surface area (Å²) in [6.07, 6.45) is -0.406. The van der Waals surface area contributed by atoms with Gasteiger partial charge in [0.15, 0.2) is 17.5 Å². The van der Waals surface area contributed by atoms with Crippen molar-refractivity contribution in [3.63, 3.8) is 0 Å². The van der Waals surface area contributed by atoms with Crippen LogP contribution in [0, 0.1) is 0 Å². The van der Waals surface area contributed by atoms with Crippen LogP contribution in [0.2, 0.25) is 0 Å². The summed E-state index contributed by atoms with van der Waals surface area (Å²) in [4.78, 5) is 28.6. The Bertz CT molecular complexity index is 798. The van der Waals surface area contributed by atoms with Crippen LogP contribution < -0.4 is 16.6 Å². The van der Waals surface area contributed by atoms with E-state index in [2.05, 4.69) is 10.3 Å². The Morgan fingerprint density at radius 3 is 2.22 bits per heavy atom. The third-order valence-electron chi connectivity index (χ3n) is 3.61. The van der Waals surface area contributed by atoms with Crippen molar-refractivity contribution < 1.29 is 9.47 Å². The van der Waals surface area contributed by atoms with Crippen LogP contribution in [0.3, 0.4) is 0 Å². The molecular weight excluding hydrogens is 302 g/mol. The number of ether oxygens (including phenoxy) is 2. The lowest BCUT2D eigenvalue weighted by atomic mass is 10.5. The predicted molar refractivity (Wildman–Crippen MR) is 86.7 cm³/mol. The molecule has 2 aromatic heterocycles. The Hall–Kier alpha value is -2.13. The quantitative estimate of drug-likeness (QED) is 0.708. The number of nitrogens with one attached hydrogen (secondary N) is 1. The number of aromatic nitrogens is 4. The molecule has 2 aromatic rings. The minimum atomic E-state index is -0.409. The van der Waals surface area contributed by atoms with E-state index in [1.165, 1.54) is 11.6 Å². The Kier molecular flexibility index (Phi) is 5.22. The van der Waals surface area contributed by atoms with Gasteiger partial charge in [0.05, 0.1) is 6.54 Å². The first-order valence-corrected chi connectivity index (χ1v) is 7.51. The van der Waals surface area contributed by atoms with Crippen molar-refractivity contribution in [1.29, 1.82) is 0 Å². The first-order chi connectivity index (χ1) is 10.9. The van der Waals surface area contributed by atoms with E-state index in [0.717, 1.165) is 4.57 Å². The maximum atomic E-state index is 12.3. The van der Waals surface area contributed by atoms with E-state index < -0.39 is 12.0 Å². The largest absolute Gasteiger partial charge is 0.351 e. The third kappa shape index (κ3) is 3.15. The van der Waals surface area contributed by atoms with Crippen molar-refractivity contribution in [2.45, 2.75) is 20.1 Å². The SMILES string of the molecule is CCOC(CNc1nc2c(c(=O)n(C)c(=O)n2C)n1C)OCC. The molecule has 0 spiro atoms. The van der Waals surface area contributed by atoms with Gasteiger partial charge in [-0.3, -0.25) is 13.9 Å². The van der Waals surface area contributed by atoms with Gasteiger partial charge >= 0.3 is 5.69 Å². The van der Waals surface area contributed by atoms with Gasteiger partial charge in [0.2, 0.25) is 5.95 Å². The van der Waals surface area contributed by atoms with Gasteiger partial charge in [0, 0.05) is 34.4 Å². The van der Waals surface area contributed by atoms with Gasteiger partial charge in [-0.25, -0.2) is 4.79 Å². The first-order valence-electron chi connectivity index (χ1n) is 7.51. The van der Waals surface area contributed by atoms with Crippen molar-refractivity contribution in [2.75, 3.05) is 25.1 Å². The lowest BCUT2D eigenvalue weighted by Gasteiger charge is -2.17. The van der Waals surface area contributed by atoms with Crippen molar-refractivity contribution in [3.8, 4) is 0 Å². The second-order valence-corrected chi connectivity index (χ2v) is 5.09. The van der Waals surface area contributed by atoms with E-state index in [0.29, 0.717) is 36.9 Å². The molecule has 9 heteroatoms. The van der Waals surface area contributed by atoms with Gasteiger partial charge in [-0.2, -0.15) is 4.98 Å². The maximum Gasteiger partial charge on any atom is 0.332 e. The first kappa shape index (κ1) is 17.2. The molecule has 0 bridgehead atoms. The number of anilines is 1. The van der Waals surface area contributed by atoms with Crippen molar-refractivity contribution >= 4 is 17.1 Å². The second kappa shape index (κ2) is 6.97. The zero-order chi connectivity index (χ0) is 17.1. The van der Waals surface area contributed by atoms with E-state index in [1.807, 2.05) is 13.8 Å². The number of hydrogen-bond donors (Lipinski definition) is 1. The standard InChI is InChI=1S/C14H23N5O4/c1-6-22-9(23-7-2)8-15-13-16-11-10(17(13)3)12(20)19(5)14(21)18(11)4/h9H,6-8H2,1-5H3,(H,15,16). The van der Waals surface area contributed by atoms with Crippen LogP contribution in [0.5, 0.6) is 0 Å². The van der Waals surface area contributed by atoms with Crippen LogP contribution in [0.1, 0.15) is 13.8 Å². The molecule has 0 fully saturated rings. The molecule has 0 atom stereocenters. The normalized spacial score (nSPS) is 11.6. The van der Waals surface area contributed by atoms with Gasteiger partial charge in [0.25, 0.3) is 5.56 Å². The zero-order valence-electron chi connectivity index (χ0n) is 14.1. The molecule has 0 radical (unpaired) electrons. The van der Waals surface area contributed by atoms with Gasteiger partial charge in [-0.15, -0.1) is 0 Å². The van der Waals surface area contributed by atoms with Gasteiger partial charge in [0.1, 0.15) is 0 Å². The van der Waals surface area contributed by atoms with Crippen LogP contribution in [0.25, 0.3) is 11.2 Å². The summed E-state index contributed by atoms with van der Waals surface area (Å²) in [7, 11) is 4.76. The van der Waals surface area contributed by atoms with Gasteiger partial charge < -0.3 is 19.4 Å². The molecule has 0 aliphatic rings. The number of rotatable bonds is 7. The number of imidazole rings is 1. The molecule has 0 aliphatic carbocycles. The molecule has 0 aliphatic heterocycles. The maximum absolute atomic E-state index is 12.3. The molecule has 0 saturated carbocycles. The van der Waals surface area contributed by atoms with Crippen molar-refractivity contribution in [1.82, 2.24) is 18.7 Å².